The second kappa shape index (κ2) is 8.84. The van der Waals surface area contributed by atoms with Gasteiger partial charge in [0.2, 0.25) is 0 Å². The molecule has 0 bridgehead atoms. The maximum atomic E-state index is 13.9. The number of nitrogens with one attached hydrogen (secondary N) is 3. The fourth-order valence-corrected chi connectivity index (χ4v) is 2.41. The van der Waals surface area contributed by atoms with Crippen molar-refractivity contribution < 1.29 is 13.9 Å². The van der Waals surface area contributed by atoms with Crippen LogP contribution in [-0.2, 0) is 6.54 Å². The summed E-state index contributed by atoms with van der Waals surface area (Å²) in [6.07, 6.45) is 0. The molecule has 0 saturated heterocycles. The highest BCUT2D eigenvalue weighted by Crippen LogP contribution is 2.16. The van der Waals surface area contributed by atoms with Gasteiger partial charge in [0, 0.05) is 24.8 Å². The van der Waals surface area contributed by atoms with Gasteiger partial charge in [0.1, 0.15) is 11.6 Å². The normalized spacial score (nSPS) is 12.5. The number of guanidine groups is 1. The molecule has 138 valence electrons. The van der Waals surface area contributed by atoms with Gasteiger partial charge in [-0.25, -0.2) is 4.39 Å². The molecule has 26 heavy (non-hydrogen) atoms. The smallest absolute Gasteiger partial charge is 0.254 e. The van der Waals surface area contributed by atoms with Crippen molar-refractivity contribution in [1.82, 2.24) is 10.6 Å². The summed E-state index contributed by atoms with van der Waals surface area (Å²) in [5, 5.41) is 9.01. The van der Waals surface area contributed by atoms with Crippen molar-refractivity contribution in [1.29, 1.82) is 0 Å². The number of hydrogen-bond donors (Lipinski definition) is 3. The fourth-order valence-electron chi connectivity index (χ4n) is 2.41. The van der Waals surface area contributed by atoms with Gasteiger partial charge in [-0.2, -0.15) is 0 Å². The minimum Gasteiger partial charge on any atom is -0.497 e. The number of carbonyl (C=O) groups excluding carboxylic acids is 1. The second-order valence-electron chi connectivity index (χ2n) is 5.51. The number of methoxy groups -OCH3 is 1. The van der Waals surface area contributed by atoms with Crippen LogP contribution in [-0.4, -0.2) is 32.1 Å². The van der Waals surface area contributed by atoms with Crippen molar-refractivity contribution >= 4 is 17.6 Å². The Kier molecular flexibility index (Phi) is 6.54. The van der Waals surface area contributed by atoms with Crippen LogP contribution in [0.5, 0.6) is 5.75 Å². The van der Waals surface area contributed by atoms with E-state index in [2.05, 4.69) is 20.9 Å². The number of anilines is 1. The van der Waals surface area contributed by atoms with E-state index in [1.807, 2.05) is 24.3 Å². The molecule has 1 aliphatic heterocycles. The van der Waals surface area contributed by atoms with Gasteiger partial charge in [-0.15, -0.1) is 0 Å². The molecule has 2 aromatic carbocycles. The van der Waals surface area contributed by atoms with Crippen LogP contribution in [0.4, 0.5) is 10.1 Å². The average molecular weight is 358 g/mol. The van der Waals surface area contributed by atoms with E-state index < -0.39 is 11.7 Å². The van der Waals surface area contributed by atoms with E-state index in [0.29, 0.717) is 12.3 Å². The lowest BCUT2D eigenvalue weighted by molar-refractivity contribution is 0.0947. The van der Waals surface area contributed by atoms with E-state index in [1.54, 1.807) is 6.07 Å². The molecule has 0 unspecified atom stereocenters. The zero-order valence-electron chi connectivity index (χ0n) is 13.8. The first-order valence-electron chi connectivity index (χ1n) is 7.92. The third kappa shape index (κ3) is 4.72. The van der Waals surface area contributed by atoms with Crippen LogP contribution in [0.1, 0.15) is 23.3 Å². The highest BCUT2D eigenvalue weighted by molar-refractivity contribution is 5.95. The first-order valence-corrected chi connectivity index (χ1v) is 7.92. The van der Waals surface area contributed by atoms with Gasteiger partial charge >= 0.3 is 0 Å². The lowest BCUT2D eigenvalue weighted by Gasteiger charge is -2.09. The molecule has 3 rings (SSSR count). The van der Waals surface area contributed by atoms with Gasteiger partial charge in [0.25, 0.3) is 5.91 Å². The molecule has 1 aliphatic rings. The van der Waals surface area contributed by atoms with Crippen molar-refractivity contribution in [3.63, 3.8) is 0 Å². The number of ether oxygens (including phenoxy) is 1. The Morgan fingerprint density at radius 1 is 1.27 bits per heavy atom. The van der Waals surface area contributed by atoms with Crippen molar-refractivity contribution in [2.75, 3.05) is 25.5 Å². The summed E-state index contributed by atoms with van der Waals surface area (Å²) in [5.41, 5.74) is 1.81. The minimum atomic E-state index is -0.610. The van der Waals surface area contributed by atoms with Crippen LogP contribution in [0.2, 0.25) is 0 Å². The SMILES string of the molecule is C.COc1ccc(C(=O)NCc2ccc(NC3=NCCN3)cc2)c(F)c1. The quantitative estimate of drug-likeness (QED) is 0.768. The van der Waals surface area contributed by atoms with Gasteiger partial charge in [0.15, 0.2) is 5.96 Å². The van der Waals surface area contributed by atoms with E-state index in [4.69, 9.17) is 4.74 Å². The molecule has 2 aromatic rings. The standard InChI is InChI=1S/C18H19FN4O2.CH4/c1-25-14-6-7-15(16(19)10-14)17(24)22-11-12-2-4-13(5-3-12)23-18-20-8-9-21-18;/h2-7,10H,8-9,11H2,1H3,(H,22,24)(H2,20,21,23);1H4. The first kappa shape index (κ1) is 19.2. The summed E-state index contributed by atoms with van der Waals surface area (Å²) in [6, 6.07) is 11.7. The van der Waals surface area contributed by atoms with E-state index in [9.17, 15) is 9.18 Å². The highest BCUT2D eigenvalue weighted by atomic mass is 19.1. The predicted octanol–water partition coefficient (Wildman–Crippen LogP) is 2.77. The Balaban J connectivity index is 0.00000243. The van der Waals surface area contributed by atoms with Crippen molar-refractivity contribution in [3.8, 4) is 5.75 Å². The summed E-state index contributed by atoms with van der Waals surface area (Å²) in [6.45, 7) is 1.92. The number of halogens is 1. The number of rotatable bonds is 5. The molecule has 1 heterocycles. The largest absolute Gasteiger partial charge is 0.497 e. The molecule has 0 radical (unpaired) electrons. The van der Waals surface area contributed by atoms with Crippen LogP contribution in [0.25, 0.3) is 0 Å². The average Bonchev–Trinajstić information content (AvgIpc) is 3.13. The van der Waals surface area contributed by atoms with Crippen molar-refractivity contribution in [2.45, 2.75) is 14.0 Å². The number of hydrogen-bond acceptors (Lipinski definition) is 5. The van der Waals surface area contributed by atoms with Crippen LogP contribution in [0.3, 0.4) is 0 Å². The van der Waals surface area contributed by atoms with E-state index in [-0.39, 0.29) is 13.0 Å². The zero-order chi connectivity index (χ0) is 17.6. The third-order valence-corrected chi connectivity index (χ3v) is 3.76. The van der Waals surface area contributed by atoms with Crippen LogP contribution < -0.4 is 20.7 Å². The van der Waals surface area contributed by atoms with E-state index >= 15 is 0 Å². The first-order chi connectivity index (χ1) is 12.2. The number of amides is 1. The van der Waals surface area contributed by atoms with E-state index in [1.165, 1.54) is 19.2 Å². The summed E-state index contributed by atoms with van der Waals surface area (Å²) in [5.74, 6) is 0.0580. The molecular formula is C19H23FN4O2. The number of carbonyl (C=O) groups is 1. The molecule has 3 N–H and O–H groups in total. The maximum Gasteiger partial charge on any atom is 0.254 e. The second-order valence-corrected chi connectivity index (χ2v) is 5.51. The van der Waals surface area contributed by atoms with Crippen LogP contribution >= 0.6 is 0 Å². The Morgan fingerprint density at radius 2 is 2.04 bits per heavy atom. The molecule has 0 spiro atoms. The van der Waals surface area contributed by atoms with Gasteiger partial charge < -0.3 is 20.7 Å². The molecule has 0 saturated carbocycles. The Bertz CT molecular complexity index is 791. The molecule has 0 aromatic heterocycles. The predicted molar refractivity (Wildman–Crippen MR) is 101 cm³/mol. The lowest BCUT2D eigenvalue weighted by Crippen LogP contribution is -2.26. The van der Waals surface area contributed by atoms with Crippen LogP contribution in [0.15, 0.2) is 47.5 Å². The van der Waals surface area contributed by atoms with Gasteiger partial charge in [-0.1, -0.05) is 19.6 Å². The Morgan fingerprint density at radius 3 is 2.65 bits per heavy atom. The molecular weight excluding hydrogens is 335 g/mol. The molecule has 0 atom stereocenters. The van der Waals surface area contributed by atoms with Crippen LogP contribution in [0, 0.1) is 5.82 Å². The lowest BCUT2D eigenvalue weighted by atomic mass is 10.1. The zero-order valence-corrected chi connectivity index (χ0v) is 13.8. The van der Waals surface area contributed by atoms with Crippen molar-refractivity contribution in [2.24, 2.45) is 4.99 Å². The number of benzene rings is 2. The van der Waals surface area contributed by atoms with Gasteiger partial charge in [-0.3, -0.25) is 9.79 Å². The number of nitrogens with zero attached hydrogens (tertiary/aromatic N) is 1. The van der Waals surface area contributed by atoms with Crippen molar-refractivity contribution in [3.05, 3.63) is 59.4 Å². The van der Waals surface area contributed by atoms with Gasteiger partial charge in [0.05, 0.1) is 19.2 Å². The molecule has 6 nitrogen and oxygen atoms in total. The summed E-state index contributed by atoms with van der Waals surface area (Å²) >= 11 is 0. The van der Waals surface area contributed by atoms with E-state index in [0.717, 1.165) is 30.3 Å². The third-order valence-electron chi connectivity index (χ3n) is 3.76. The highest BCUT2D eigenvalue weighted by Gasteiger charge is 2.12. The molecule has 0 fully saturated rings. The fraction of sp³-hybridized carbons (Fsp3) is 0.263. The molecule has 0 aliphatic carbocycles. The summed E-state index contributed by atoms with van der Waals surface area (Å²) in [7, 11) is 1.45. The number of aliphatic imine (C=N–C) groups is 1. The summed E-state index contributed by atoms with van der Waals surface area (Å²) in [4.78, 5) is 16.4. The molecule has 7 heteroatoms. The summed E-state index contributed by atoms with van der Waals surface area (Å²) < 4.78 is 18.8. The Hall–Kier alpha value is -3.09. The minimum absolute atomic E-state index is 0. The maximum absolute atomic E-state index is 13.9. The topological polar surface area (TPSA) is 74.8 Å². The Labute approximate surface area is 152 Å². The van der Waals surface area contributed by atoms with Gasteiger partial charge in [-0.05, 0) is 29.8 Å². The molecule has 1 amide bonds. The monoisotopic (exact) mass is 358 g/mol.